The normalized spacial score (nSPS) is 18.0. The highest BCUT2D eigenvalue weighted by Gasteiger charge is 2.31. The number of anilines is 1. The molecule has 168 valence electrons. The summed E-state index contributed by atoms with van der Waals surface area (Å²) in [6.45, 7) is 3.53. The van der Waals surface area contributed by atoms with Gasteiger partial charge in [-0.25, -0.2) is 4.98 Å². The smallest absolute Gasteiger partial charge is 0.355 e. The first-order valence-electron chi connectivity index (χ1n) is 10.9. The van der Waals surface area contributed by atoms with Gasteiger partial charge in [-0.3, -0.25) is 4.90 Å². The van der Waals surface area contributed by atoms with Gasteiger partial charge in [-0.15, -0.1) is 0 Å². The van der Waals surface area contributed by atoms with Crippen molar-refractivity contribution in [3.05, 3.63) is 59.5 Å². The molecule has 3 aromatic rings. The molecule has 1 saturated carbocycles. The number of rotatable bonds is 5. The molecule has 32 heavy (non-hydrogen) atoms. The van der Waals surface area contributed by atoms with Crippen molar-refractivity contribution in [3.8, 4) is 11.5 Å². The first-order valence-corrected chi connectivity index (χ1v) is 10.9. The first kappa shape index (κ1) is 20.9. The monoisotopic (exact) mass is 443 g/mol. The van der Waals surface area contributed by atoms with Crippen LogP contribution < -0.4 is 4.90 Å². The van der Waals surface area contributed by atoms with E-state index in [2.05, 4.69) is 24.9 Å². The van der Waals surface area contributed by atoms with Crippen molar-refractivity contribution in [2.45, 2.75) is 37.9 Å². The lowest BCUT2D eigenvalue weighted by Crippen LogP contribution is -2.31. The highest BCUT2D eigenvalue weighted by molar-refractivity contribution is 5.69. The Morgan fingerprint density at radius 1 is 1.03 bits per heavy atom. The zero-order valence-electron chi connectivity index (χ0n) is 17.6. The van der Waals surface area contributed by atoms with Crippen LogP contribution in [0, 0.1) is 0 Å². The summed E-state index contributed by atoms with van der Waals surface area (Å²) < 4.78 is 44.6. The highest BCUT2D eigenvalue weighted by atomic mass is 19.4. The summed E-state index contributed by atoms with van der Waals surface area (Å²) in [5.41, 5.74) is 0.887. The molecule has 0 spiro atoms. The Morgan fingerprint density at radius 2 is 1.91 bits per heavy atom. The Hall–Kier alpha value is -2.94. The molecule has 5 rings (SSSR count). The van der Waals surface area contributed by atoms with Gasteiger partial charge < -0.3 is 9.42 Å². The van der Waals surface area contributed by atoms with Crippen molar-refractivity contribution in [1.29, 1.82) is 0 Å². The molecular formula is C23H24F3N5O. The molecule has 9 heteroatoms. The fourth-order valence-corrected chi connectivity index (χ4v) is 4.11. The SMILES string of the molecule is FC(F)(F)c1cccc(CN2CCCN(c3ncccc3-c3nc(C4CC4)no3)CC2)c1. The standard InChI is InChI=1S/C23H24F3N5O/c24-23(25,26)18-5-1-4-16(14-18)15-30-10-3-11-31(13-12-30)21-19(6-2-9-27-21)22-28-20(29-32-22)17-7-8-17/h1-2,4-6,9,14,17H,3,7-8,10-13,15H2. The molecule has 0 N–H and O–H groups in total. The maximum atomic E-state index is 13.0. The third-order valence-electron chi connectivity index (χ3n) is 5.95. The maximum absolute atomic E-state index is 13.0. The Bertz CT molecular complexity index is 1080. The lowest BCUT2D eigenvalue weighted by Gasteiger charge is -2.24. The number of hydrogen-bond donors (Lipinski definition) is 0. The molecule has 0 amide bonds. The van der Waals surface area contributed by atoms with E-state index < -0.39 is 11.7 Å². The van der Waals surface area contributed by atoms with Crippen molar-refractivity contribution < 1.29 is 17.7 Å². The molecule has 3 heterocycles. The Morgan fingerprint density at radius 3 is 2.72 bits per heavy atom. The molecule has 1 aliphatic heterocycles. The first-order chi connectivity index (χ1) is 15.5. The molecule has 1 aliphatic carbocycles. The van der Waals surface area contributed by atoms with Crippen LogP contribution in [0.2, 0.25) is 0 Å². The quantitative estimate of drug-likeness (QED) is 0.568. The van der Waals surface area contributed by atoms with E-state index >= 15 is 0 Å². The summed E-state index contributed by atoms with van der Waals surface area (Å²) in [4.78, 5) is 13.6. The summed E-state index contributed by atoms with van der Waals surface area (Å²) in [5.74, 6) is 2.47. The van der Waals surface area contributed by atoms with Crippen molar-refractivity contribution in [2.75, 3.05) is 31.1 Å². The third-order valence-corrected chi connectivity index (χ3v) is 5.95. The number of halogens is 3. The van der Waals surface area contributed by atoms with Gasteiger partial charge in [0.15, 0.2) is 5.82 Å². The molecular weight excluding hydrogens is 419 g/mol. The Kier molecular flexibility index (Phi) is 5.58. The van der Waals surface area contributed by atoms with Crippen molar-refractivity contribution in [1.82, 2.24) is 20.0 Å². The molecule has 1 aromatic carbocycles. The zero-order chi connectivity index (χ0) is 22.1. The second kappa shape index (κ2) is 8.54. The van der Waals surface area contributed by atoms with Gasteiger partial charge in [0.05, 0.1) is 11.1 Å². The van der Waals surface area contributed by atoms with Crippen molar-refractivity contribution in [3.63, 3.8) is 0 Å². The number of pyridine rings is 1. The number of benzene rings is 1. The van der Waals surface area contributed by atoms with Crippen LogP contribution in [0.3, 0.4) is 0 Å². The summed E-state index contributed by atoms with van der Waals surface area (Å²) in [6.07, 6.45) is 0.517. The fraction of sp³-hybridized carbons (Fsp3) is 0.435. The molecule has 2 aliphatic rings. The van der Waals surface area contributed by atoms with E-state index in [1.165, 1.54) is 12.1 Å². The summed E-state index contributed by atoms with van der Waals surface area (Å²) in [6, 6.07) is 9.38. The number of aromatic nitrogens is 3. The average Bonchev–Trinajstić information content (AvgIpc) is 3.56. The van der Waals surface area contributed by atoms with Gasteiger partial charge >= 0.3 is 6.18 Å². The number of alkyl halides is 3. The minimum absolute atomic E-state index is 0.412. The second-order valence-electron chi connectivity index (χ2n) is 8.42. The van der Waals surface area contributed by atoms with Crippen LogP contribution in [0.15, 0.2) is 47.1 Å². The molecule has 1 saturated heterocycles. The van der Waals surface area contributed by atoms with Crippen molar-refractivity contribution in [2.24, 2.45) is 0 Å². The molecule has 2 fully saturated rings. The van der Waals surface area contributed by atoms with Gasteiger partial charge in [0.2, 0.25) is 0 Å². The fourth-order valence-electron chi connectivity index (χ4n) is 4.11. The Balaban J connectivity index is 1.29. The van der Waals surface area contributed by atoms with Crippen LogP contribution in [0.25, 0.3) is 11.5 Å². The molecule has 0 bridgehead atoms. The molecule has 2 aromatic heterocycles. The van der Waals surface area contributed by atoms with E-state index in [1.54, 1.807) is 12.3 Å². The lowest BCUT2D eigenvalue weighted by atomic mass is 10.1. The van der Waals surface area contributed by atoms with Crippen molar-refractivity contribution >= 4 is 5.82 Å². The Labute approximate surface area is 184 Å². The maximum Gasteiger partial charge on any atom is 0.416 e. The topological polar surface area (TPSA) is 58.3 Å². The van der Waals surface area contributed by atoms with Crippen LogP contribution in [0.4, 0.5) is 19.0 Å². The van der Waals surface area contributed by atoms with E-state index in [0.717, 1.165) is 62.2 Å². The third kappa shape index (κ3) is 4.62. The second-order valence-corrected chi connectivity index (χ2v) is 8.42. The van der Waals surface area contributed by atoms with E-state index in [0.29, 0.717) is 30.5 Å². The molecule has 0 unspecified atom stereocenters. The summed E-state index contributed by atoms with van der Waals surface area (Å²) >= 11 is 0. The van der Waals surface area contributed by atoms with Crippen LogP contribution in [0.5, 0.6) is 0 Å². The molecule has 6 nitrogen and oxygen atoms in total. The summed E-state index contributed by atoms with van der Waals surface area (Å²) in [5, 5.41) is 4.12. The molecule has 0 radical (unpaired) electrons. The predicted molar refractivity (Wildman–Crippen MR) is 113 cm³/mol. The number of hydrogen-bond acceptors (Lipinski definition) is 6. The minimum Gasteiger partial charge on any atom is -0.355 e. The van der Waals surface area contributed by atoms with Crippen LogP contribution >= 0.6 is 0 Å². The predicted octanol–water partition coefficient (Wildman–Crippen LogP) is 4.74. The highest BCUT2D eigenvalue weighted by Crippen LogP contribution is 2.39. The largest absolute Gasteiger partial charge is 0.416 e. The van der Waals surface area contributed by atoms with Gasteiger partial charge in [0.1, 0.15) is 5.82 Å². The van der Waals surface area contributed by atoms with Crippen LogP contribution in [0.1, 0.15) is 42.1 Å². The van der Waals surface area contributed by atoms with Gasteiger partial charge in [-0.2, -0.15) is 18.2 Å². The van der Waals surface area contributed by atoms with Crippen LogP contribution in [-0.4, -0.2) is 46.2 Å². The van der Waals surface area contributed by atoms with E-state index in [1.807, 2.05) is 12.1 Å². The zero-order valence-corrected chi connectivity index (χ0v) is 17.6. The molecule has 0 atom stereocenters. The van der Waals surface area contributed by atoms with Gasteiger partial charge in [-0.1, -0.05) is 23.4 Å². The summed E-state index contributed by atoms with van der Waals surface area (Å²) in [7, 11) is 0. The van der Waals surface area contributed by atoms with Gasteiger partial charge in [0, 0.05) is 44.8 Å². The minimum atomic E-state index is -4.32. The van der Waals surface area contributed by atoms with E-state index in [4.69, 9.17) is 4.52 Å². The number of nitrogens with zero attached hydrogens (tertiary/aromatic N) is 5. The van der Waals surface area contributed by atoms with E-state index in [9.17, 15) is 13.2 Å². The van der Waals surface area contributed by atoms with Crippen LogP contribution in [-0.2, 0) is 12.7 Å². The van der Waals surface area contributed by atoms with Gasteiger partial charge in [0.25, 0.3) is 5.89 Å². The van der Waals surface area contributed by atoms with E-state index in [-0.39, 0.29) is 0 Å². The van der Waals surface area contributed by atoms with Gasteiger partial charge in [-0.05, 0) is 43.0 Å². The lowest BCUT2D eigenvalue weighted by molar-refractivity contribution is -0.137. The average molecular weight is 443 g/mol.